The Kier molecular flexibility index (Phi) is 5.83. The normalized spacial score (nSPS) is 15.3. The van der Waals surface area contributed by atoms with Gasteiger partial charge in [0.2, 0.25) is 5.91 Å². The van der Waals surface area contributed by atoms with E-state index >= 15 is 0 Å². The number of fused-ring (bicyclic) bond motifs is 3. The van der Waals surface area contributed by atoms with Crippen molar-refractivity contribution in [2.45, 2.75) is 6.42 Å². The molecule has 0 saturated carbocycles. The smallest absolute Gasteiger partial charge is 0.249 e. The second-order valence-corrected chi connectivity index (χ2v) is 8.49. The first-order valence-corrected chi connectivity index (χ1v) is 11.1. The van der Waals surface area contributed by atoms with Crippen LogP contribution in [0, 0.1) is 0 Å². The highest BCUT2D eigenvalue weighted by Gasteiger charge is 2.26. The van der Waals surface area contributed by atoms with Gasteiger partial charge in [-0.3, -0.25) is 9.69 Å². The van der Waals surface area contributed by atoms with E-state index in [2.05, 4.69) is 4.90 Å². The molecular formula is C25H24ClN3O3. The van der Waals surface area contributed by atoms with E-state index in [1.807, 2.05) is 42.5 Å². The number of hydrogen-bond acceptors (Lipinski definition) is 5. The van der Waals surface area contributed by atoms with Crippen molar-refractivity contribution >= 4 is 17.5 Å². The van der Waals surface area contributed by atoms with E-state index < -0.39 is 5.91 Å². The molecule has 32 heavy (non-hydrogen) atoms. The summed E-state index contributed by atoms with van der Waals surface area (Å²) in [6.07, 6.45) is 0.609. The minimum absolute atomic E-state index is 0.450. The molecule has 164 valence electrons. The van der Waals surface area contributed by atoms with E-state index in [0.717, 1.165) is 66.5 Å². The van der Waals surface area contributed by atoms with E-state index in [-0.39, 0.29) is 0 Å². The summed E-state index contributed by atoms with van der Waals surface area (Å²) in [7, 11) is 0. The van der Waals surface area contributed by atoms with Crippen molar-refractivity contribution in [1.29, 1.82) is 0 Å². The molecule has 3 aromatic rings. The van der Waals surface area contributed by atoms with Crippen molar-refractivity contribution in [2.24, 2.45) is 5.73 Å². The van der Waals surface area contributed by atoms with Crippen molar-refractivity contribution in [3.8, 4) is 28.3 Å². The molecule has 2 aliphatic rings. The summed E-state index contributed by atoms with van der Waals surface area (Å²) in [5, 5.41) is 0.650. The van der Waals surface area contributed by atoms with Crippen molar-refractivity contribution in [3.63, 3.8) is 0 Å². The number of rotatable bonds is 6. The molecular weight excluding hydrogens is 426 g/mol. The Labute approximate surface area is 191 Å². The zero-order chi connectivity index (χ0) is 22.1. The van der Waals surface area contributed by atoms with Crippen LogP contribution in [0.3, 0.4) is 0 Å². The van der Waals surface area contributed by atoms with Crippen LogP contribution in [0.2, 0.25) is 5.02 Å². The molecule has 1 aliphatic carbocycles. The van der Waals surface area contributed by atoms with Gasteiger partial charge in [-0.15, -0.1) is 0 Å². The largest absolute Gasteiger partial charge is 0.492 e. The number of nitrogens with zero attached hydrogens (tertiary/aromatic N) is 2. The highest BCUT2D eigenvalue weighted by molar-refractivity contribution is 6.30. The Balaban J connectivity index is 1.40. The van der Waals surface area contributed by atoms with Gasteiger partial charge in [0.15, 0.2) is 0 Å². The van der Waals surface area contributed by atoms with Gasteiger partial charge in [-0.25, -0.2) is 4.98 Å². The molecule has 2 aromatic carbocycles. The summed E-state index contributed by atoms with van der Waals surface area (Å²) in [5.74, 6) is 0.372. The van der Waals surface area contributed by atoms with Gasteiger partial charge >= 0.3 is 0 Å². The van der Waals surface area contributed by atoms with Crippen molar-refractivity contribution in [3.05, 3.63) is 70.2 Å². The zero-order valence-electron chi connectivity index (χ0n) is 17.6. The fraction of sp³-hybridized carbons (Fsp3) is 0.280. The third kappa shape index (κ3) is 4.21. The van der Waals surface area contributed by atoms with E-state index in [1.165, 1.54) is 0 Å². The van der Waals surface area contributed by atoms with Gasteiger partial charge in [-0.1, -0.05) is 23.7 Å². The summed E-state index contributed by atoms with van der Waals surface area (Å²) >= 11 is 6.02. The average Bonchev–Trinajstić information content (AvgIpc) is 3.17. The fourth-order valence-corrected chi connectivity index (χ4v) is 4.43. The van der Waals surface area contributed by atoms with Crippen LogP contribution in [0.1, 0.15) is 21.5 Å². The maximum absolute atomic E-state index is 12.2. The number of nitrogens with two attached hydrogens (primary N) is 1. The molecule has 1 saturated heterocycles. The summed E-state index contributed by atoms with van der Waals surface area (Å²) in [5.41, 5.74) is 11.6. The molecule has 0 radical (unpaired) electrons. The molecule has 6 nitrogen and oxygen atoms in total. The molecule has 2 N–H and O–H groups in total. The van der Waals surface area contributed by atoms with Gasteiger partial charge < -0.3 is 15.2 Å². The molecule has 0 unspecified atom stereocenters. The quantitative estimate of drug-likeness (QED) is 0.484. The number of carbonyl (C=O) groups excluding carboxylic acids is 1. The van der Waals surface area contributed by atoms with Crippen LogP contribution in [0.15, 0.2) is 48.5 Å². The second-order valence-electron chi connectivity index (χ2n) is 8.05. The van der Waals surface area contributed by atoms with Gasteiger partial charge in [-0.05, 0) is 47.5 Å². The summed E-state index contributed by atoms with van der Waals surface area (Å²) in [4.78, 5) is 19.5. The van der Waals surface area contributed by atoms with Crippen LogP contribution in [0.5, 0.6) is 5.75 Å². The van der Waals surface area contributed by atoms with E-state index in [1.54, 1.807) is 6.07 Å². The third-order valence-corrected chi connectivity index (χ3v) is 6.26. The number of morpholine rings is 1. The zero-order valence-corrected chi connectivity index (χ0v) is 18.4. The third-order valence-electron chi connectivity index (χ3n) is 6.01. The lowest BCUT2D eigenvalue weighted by Crippen LogP contribution is -2.38. The lowest BCUT2D eigenvalue weighted by atomic mass is 10.0. The maximum atomic E-state index is 12.2. The second kappa shape index (κ2) is 8.90. The van der Waals surface area contributed by atoms with Gasteiger partial charge in [0.1, 0.15) is 12.4 Å². The molecule has 0 spiro atoms. The van der Waals surface area contributed by atoms with Gasteiger partial charge in [0.05, 0.1) is 24.6 Å². The maximum Gasteiger partial charge on any atom is 0.249 e. The SMILES string of the molecule is NC(=O)c1cc(-c2ccc(Cl)cc2)nc2c1Cc1cc(OCCN3CCOCC3)ccc1-2. The molecule has 1 aromatic heterocycles. The molecule has 0 bridgehead atoms. The molecule has 7 heteroatoms. The highest BCUT2D eigenvalue weighted by atomic mass is 35.5. The Morgan fingerprint density at radius 3 is 2.66 bits per heavy atom. The average molecular weight is 450 g/mol. The first-order chi connectivity index (χ1) is 15.6. The number of hydrogen-bond donors (Lipinski definition) is 1. The van der Waals surface area contributed by atoms with Crippen LogP contribution < -0.4 is 10.5 Å². The predicted molar refractivity (Wildman–Crippen MR) is 124 cm³/mol. The standard InChI is InChI=1S/C25H24ClN3O3/c26-18-3-1-16(2-4-18)23-15-22(25(27)30)21-14-17-13-19(5-6-20(17)24(21)28-23)32-12-9-29-7-10-31-11-8-29/h1-6,13,15H,7-12,14H2,(H2,27,30). The number of aromatic nitrogens is 1. The minimum atomic E-state index is -0.450. The number of benzene rings is 2. The van der Waals surface area contributed by atoms with Crippen LogP contribution in [-0.2, 0) is 11.2 Å². The summed E-state index contributed by atoms with van der Waals surface area (Å²) in [6, 6.07) is 15.2. The molecule has 2 heterocycles. The fourth-order valence-electron chi connectivity index (χ4n) is 4.31. The molecule has 1 aliphatic heterocycles. The Bertz CT molecular complexity index is 1160. The lowest BCUT2D eigenvalue weighted by Gasteiger charge is -2.26. The highest BCUT2D eigenvalue weighted by Crippen LogP contribution is 2.40. The van der Waals surface area contributed by atoms with Crippen LogP contribution in [0.25, 0.3) is 22.5 Å². The van der Waals surface area contributed by atoms with Gasteiger partial charge in [0.25, 0.3) is 0 Å². The Morgan fingerprint density at radius 2 is 1.91 bits per heavy atom. The number of carbonyl (C=O) groups is 1. The first-order valence-electron chi connectivity index (χ1n) is 10.7. The monoisotopic (exact) mass is 449 g/mol. The lowest BCUT2D eigenvalue weighted by molar-refractivity contribution is 0.0322. The number of halogens is 1. The minimum Gasteiger partial charge on any atom is -0.492 e. The number of pyridine rings is 1. The topological polar surface area (TPSA) is 77.7 Å². The predicted octanol–water partition coefficient (Wildman–Crippen LogP) is 3.78. The first kappa shape index (κ1) is 20.9. The molecule has 5 rings (SSSR count). The van der Waals surface area contributed by atoms with Gasteiger partial charge in [-0.2, -0.15) is 0 Å². The number of ether oxygens (including phenoxy) is 2. The Hall–Kier alpha value is -2.93. The van der Waals surface area contributed by atoms with E-state index in [9.17, 15) is 4.79 Å². The Morgan fingerprint density at radius 1 is 1.12 bits per heavy atom. The van der Waals surface area contributed by atoms with Crippen LogP contribution >= 0.6 is 11.6 Å². The van der Waals surface area contributed by atoms with Crippen molar-refractivity contribution in [2.75, 3.05) is 39.5 Å². The van der Waals surface area contributed by atoms with E-state index in [0.29, 0.717) is 29.3 Å². The van der Waals surface area contributed by atoms with Gasteiger partial charge in [0, 0.05) is 47.8 Å². The molecule has 1 amide bonds. The van der Waals surface area contributed by atoms with E-state index in [4.69, 9.17) is 31.8 Å². The van der Waals surface area contributed by atoms with Crippen molar-refractivity contribution < 1.29 is 14.3 Å². The van der Waals surface area contributed by atoms with Crippen molar-refractivity contribution in [1.82, 2.24) is 9.88 Å². The van der Waals surface area contributed by atoms with Crippen LogP contribution in [-0.4, -0.2) is 55.2 Å². The molecule has 1 fully saturated rings. The number of primary amides is 1. The van der Waals surface area contributed by atoms with Crippen LogP contribution in [0.4, 0.5) is 0 Å². The number of amides is 1. The molecule has 0 atom stereocenters. The summed E-state index contributed by atoms with van der Waals surface area (Å²) < 4.78 is 11.4. The summed E-state index contributed by atoms with van der Waals surface area (Å²) in [6.45, 7) is 4.95.